The van der Waals surface area contributed by atoms with Gasteiger partial charge < -0.3 is 9.42 Å². The van der Waals surface area contributed by atoms with Crippen LogP contribution in [-0.2, 0) is 9.09 Å². The summed E-state index contributed by atoms with van der Waals surface area (Å²) >= 11 is 0. The van der Waals surface area contributed by atoms with Crippen LogP contribution in [0.25, 0.3) is 0 Å². The molecule has 0 aromatic heterocycles. The Kier molecular flexibility index (Phi) is 4.88. The second kappa shape index (κ2) is 6.48. The third kappa shape index (κ3) is 3.76. The zero-order valence-corrected chi connectivity index (χ0v) is 12.3. The molecule has 0 amide bonds. The fourth-order valence-electron chi connectivity index (χ4n) is 2.12. The van der Waals surface area contributed by atoms with Gasteiger partial charge in [-0.2, -0.15) is 0 Å². The molecule has 0 fully saturated rings. The van der Waals surface area contributed by atoms with Crippen LogP contribution in [0, 0.1) is 11.6 Å². The highest BCUT2D eigenvalue weighted by molar-refractivity contribution is 7.53. The average Bonchev–Trinajstić information content (AvgIpc) is 2.43. The molecule has 1 atom stereocenters. The van der Waals surface area contributed by atoms with Gasteiger partial charge in [-0.25, -0.2) is 8.78 Å². The van der Waals surface area contributed by atoms with Crippen molar-refractivity contribution in [1.29, 1.82) is 0 Å². The van der Waals surface area contributed by atoms with Gasteiger partial charge in [0.1, 0.15) is 17.3 Å². The van der Waals surface area contributed by atoms with Gasteiger partial charge in [0.15, 0.2) is 0 Å². The van der Waals surface area contributed by atoms with Gasteiger partial charge in [-0.05, 0) is 42.3 Å². The van der Waals surface area contributed by atoms with Crippen LogP contribution < -0.4 is 0 Å². The van der Waals surface area contributed by atoms with Crippen LogP contribution in [0.4, 0.5) is 8.78 Å². The average molecular weight is 312 g/mol. The van der Waals surface area contributed by atoms with Gasteiger partial charge in [0.25, 0.3) is 0 Å². The lowest BCUT2D eigenvalue weighted by Crippen LogP contribution is -2.05. The molecule has 112 valence electrons. The molecule has 0 aliphatic rings. The molecule has 2 aromatic rings. The van der Waals surface area contributed by atoms with E-state index in [2.05, 4.69) is 0 Å². The summed E-state index contributed by atoms with van der Waals surface area (Å²) in [6.07, 6.45) is 0. The lowest BCUT2D eigenvalue weighted by atomic mass is 10.0. The van der Waals surface area contributed by atoms with E-state index in [4.69, 9.17) is 4.52 Å². The molecule has 1 N–H and O–H groups in total. The van der Waals surface area contributed by atoms with Gasteiger partial charge in [0, 0.05) is 0 Å². The number of benzene rings is 2. The summed E-state index contributed by atoms with van der Waals surface area (Å²) in [7, 11) is -4.02. The first-order valence-electron chi connectivity index (χ1n) is 6.42. The molecule has 3 nitrogen and oxygen atoms in total. The summed E-state index contributed by atoms with van der Waals surface area (Å²) in [5.74, 6) is -0.887. The minimum atomic E-state index is -4.02. The molecule has 1 unspecified atom stereocenters. The highest BCUT2D eigenvalue weighted by atomic mass is 31.2. The Morgan fingerprint density at radius 3 is 1.71 bits per heavy atom. The largest absolute Gasteiger partial charge is 0.339 e. The number of hydrogen-bond donors (Lipinski definition) is 1. The fourth-order valence-corrected chi connectivity index (χ4v) is 3.74. The molecule has 2 aromatic carbocycles. The zero-order chi connectivity index (χ0) is 15.5. The molecule has 0 spiro atoms. The van der Waals surface area contributed by atoms with E-state index in [0.29, 0.717) is 11.1 Å². The van der Waals surface area contributed by atoms with Crippen LogP contribution in [0.5, 0.6) is 0 Å². The minimum Gasteiger partial charge on any atom is -0.324 e. The Morgan fingerprint density at radius 1 is 1.00 bits per heavy atom. The lowest BCUT2D eigenvalue weighted by Gasteiger charge is -2.23. The maximum absolute atomic E-state index is 13.0. The molecule has 0 heterocycles. The molecule has 0 bridgehead atoms. The van der Waals surface area contributed by atoms with Gasteiger partial charge in [-0.3, -0.25) is 4.57 Å². The predicted octanol–water partition coefficient (Wildman–Crippen LogP) is 4.28. The molecule has 2 rings (SSSR count). The van der Waals surface area contributed by atoms with Gasteiger partial charge in [0.05, 0.1) is 6.61 Å². The van der Waals surface area contributed by atoms with Crippen molar-refractivity contribution in [1.82, 2.24) is 0 Å². The van der Waals surface area contributed by atoms with E-state index in [0.717, 1.165) is 0 Å². The first-order valence-corrected chi connectivity index (χ1v) is 8.06. The van der Waals surface area contributed by atoms with Crippen molar-refractivity contribution in [2.75, 3.05) is 6.61 Å². The Balaban J connectivity index is 2.51. The van der Waals surface area contributed by atoms with Gasteiger partial charge in [-0.1, -0.05) is 24.3 Å². The Bertz CT molecular complexity index is 595. The van der Waals surface area contributed by atoms with Crippen molar-refractivity contribution >= 4 is 7.60 Å². The van der Waals surface area contributed by atoms with Gasteiger partial charge in [-0.15, -0.1) is 0 Å². The molecule has 0 saturated carbocycles. The first-order chi connectivity index (χ1) is 9.94. The minimum absolute atomic E-state index is 0.0622. The molecule has 0 aliphatic heterocycles. The summed E-state index contributed by atoms with van der Waals surface area (Å²) in [4.78, 5) is 10.2. The molecule has 0 radical (unpaired) electrons. The third-order valence-corrected chi connectivity index (χ3v) is 4.89. The summed E-state index contributed by atoms with van der Waals surface area (Å²) < 4.78 is 43.5. The highest BCUT2D eigenvalue weighted by Gasteiger charge is 2.35. The normalized spacial score (nSPS) is 14.1. The van der Waals surface area contributed by atoms with Crippen LogP contribution in [-0.4, -0.2) is 11.5 Å². The van der Waals surface area contributed by atoms with Crippen LogP contribution in [0.1, 0.15) is 23.7 Å². The van der Waals surface area contributed by atoms with Crippen LogP contribution in [0.15, 0.2) is 48.5 Å². The number of rotatable bonds is 5. The Morgan fingerprint density at radius 2 is 1.38 bits per heavy atom. The van der Waals surface area contributed by atoms with Crippen LogP contribution >= 0.6 is 7.60 Å². The summed E-state index contributed by atoms with van der Waals surface area (Å²) in [6.45, 7) is 1.67. The highest BCUT2D eigenvalue weighted by Crippen LogP contribution is 2.59. The van der Waals surface area contributed by atoms with E-state index in [1.165, 1.54) is 48.5 Å². The van der Waals surface area contributed by atoms with E-state index < -0.39 is 24.9 Å². The molecule has 0 saturated heterocycles. The number of halogens is 2. The van der Waals surface area contributed by atoms with Crippen molar-refractivity contribution < 1.29 is 22.8 Å². The molecule has 21 heavy (non-hydrogen) atoms. The van der Waals surface area contributed by atoms with E-state index in [9.17, 15) is 18.2 Å². The van der Waals surface area contributed by atoms with E-state index in [1.807, 2.05) is 0 Å². The molecular weight excluding hydrogens is 297 g/mol. The summed E-state index contributed by atoms with van der Waals surface area (Å²) in [6, 6.07) is 10.5. The zero-order valence-electron chi connectivity index (χ0n) is 11.4. The van der Waals surface area contributed by atoms with Crippen molar-refractivity contribution in [2.24, 2.45) is 0 Å². The predicted molar refractivity (Wildman–Crippen MR) is 76.1 cm³/mol. The van der Waals surface area contributed by atoms with Crippen molar-refractivity contribution in [3.63, 3.8) is 0 Å². The standard InChI is InChI=1S/C15H15F2O3P/c1-2-20-21(18,19)15(11-3-7-13(16)8-4-11)12-5-9-14(17)10-6-12/h3-10,15H,2H2,1H3,(H,18,19). The van der Waals surface area contributed by atoms with E-state index >= 15 is 0 Å². The smallest absolute Gasteiger partial charge is 0.324 e. The van der Waals surface area contributed by atoms with Crippen molar-refractivity contribution in [3.05, 3.63) is 71.3 Å². The summed E-state index contributed by atoms with van der Waals surface area (Å²) in [5.41, 5.74) is -0.122. The first kappa shape index (κ1) is 15.8. The molecule has 0 aliphatic carbocycles. The molecule has 6 heteroatoms. The molecular formula is C15H15F2O3P. The van der Waals surface area contributed by atoms with Crippen molar-refractivity contribution in [2.45, 2.75) is 12.6 Å². The monoisotopic (exact) mass is 312 g/mol. The Hall–Kier alpha value is -1.55. The summed E-state index contributed by atoms with van der Waals surface area (Å²) in [5, 5.41) is 0. The van der Waals surface area contributed by atoms with Crippen LogP contribution in [0.3, 0.4) is 0 Å². The number of hydrogen-bond acceptors (Lipinski definition) is 2. The SMILES string of the molecule is CCOP(=O)(O)C(c1ccc(F)cc1)c1ccc(F)cc1. The fraction of sp³-hybridized carbons (Fsp3) is 0.200. The van der Waals surface area contributed by atoms with E-state index in [-0.39, 0.29) is 6.61 Å². The van der Waals surface area contributed by atoms with Gasteiger partial charge >= 0.3 is 7.60 Å². The maximum Gasteiger partial charge on any atom is 0.339 e. The van der Waals surface area contributed by atoms with Crippen LogP contribution in [0.2, 0.25) is 0 Å². The van der Waals surface area contributed by atoms with Crippen molar-refractivity contribution in [3.8, 4) is 0 Å². The lowest BCUT2D eigenvalue weighted by molar-refractivity contribution is 0.268. The Labute approximate surface area is 121 Å². The van der Waals surface area contributed by atoms with E-state index in [1.54, 1.807) is 6.92 Å². The van der Waals surface area contributed by atoms with Gasteiger partial charge in [0.2, 0.25) is 0 Å². The second-order valence-corrected chi connectivity index (χ2v) is 6.39. The second-order valence-electron chi connectivity index (χ2n) is 4.49. The quantitative estimate of drug-likeness (QED) is 0.838. The topological polar surface area (TPSA) is 46.5 Å². The third-order valence-electron chi connectivity index (χ3n) is 3.01. The maximum atomic E-state index is 13.0.